The highest BCUT2D eigenvalue weighted by atomic mass is 32.2. The normalized spacial score (nSPS) is 10.2. The minimum absolute atomic E-state index is 0.243. The van der Waals surface area contributed by atoms with Crippen LogP contribution < -0.4 is 15.6 Å². The molecule has 0 radical (unpaired) electrons. The number of hydrogen-bond donors (Lipinski definition) is 2. The van der Waals surface area contributed by atoms with E-state index in [9.17, 15) is 9.59 Å². The molecule has 0 saturated carbocycles. The third-order valence-electron chi connectivity index (χ3n) is 4.02. The van der Waals surface area contributed by atoms with E-state index in [-0.39, 0.29) is 17.6 Å². The van der Waals surface area contributed by atoms with Crippen molar-refractivity contribution in [1.82, 2.24) is 10.9 Å². The Labute approximate surface area is 174 Å². The van der Waals surface area contributed by atoms with Crippen LogP contribution in [0.3, 0.4) is 0 Å². The summed E-state index contributed by atoms with van der Waals surface area (Å²) in [7, 11) is 0. The molecule has 148 valence electrons. The van der Waals surface area contributed by atoms with Crippen LogP contribution in [0.5, 0.6) is 5.75 Å². The summed E-state index contributed by atoms with van der Waals surface area (Å²) in [4.78, 5) is 24.1. The number of hydrazine groups is 1. The van der Waals surface area contributed by atoms with E-state index in [0.717, 1.165) is 22.6 Å². The third-order valence-corrected chi connectivity index (χ3v) is 5.03. The highest BCUT2D eigenvalue weighted by molar-refractivity contribution is 7.99. The van der Waals surface area contributed by atoms with E-state index < -0.39 is 0 Å². The minimum Gasteiger partial charge on any atom is -0.489 e. The Morgan fingerprint density at radius 2 is 1.41 bits per heavy atom. The topological polar surface area (TPSA) is 67.4 Å². The quantitative estimate of drug-likeness (QED) is 0.556. The summed E-state index contributed by atoms with van der Waals surface area (Å²) >= 11 is 1.49. The maximum absolute atomic E-state index is 12.2. The largest absolute Gasteiger partial charge is 0.489 e. The van der Waals surface area contributed by atoms with Crippen LogP contribution in [0.4, 0.5) is 0 Å². The molecule has 29 heavy (non-hydrogen) atoms. The predicted molar refractivity (Wildman–Crippen MR) is 115 cm³/mol. The first-order valence-corrected chi connectivity index (χ1v) is 10.3. The fourth-order valence-electron chi connectivity index (χ4n) is 2.51. The average molecular weight is 407 g/mol. The van der Waals surface area contributed by atoms with E-state index in [1.165, 1.54) is 11.8 Å². The molecule has 0 aliphatic heterocycles. The predicted octanol–water partition coefficient (Wildman–Crippen LogP) is 3.96. The number of rotatable bonds is 8. The Hall–Kier alpha value is -3.25. The van der Waals surface area contributed by atoms with Crippen LogP contribution in [0.1, 0.15) is 21.5 Å². The van der Waals surface area contributed by atoms with Crippen molar-refractivity contribution in [2.75, 3.05) is 5.75 Å². The number of benzene rings is 3. The standard InChI is InChI=1S/C23H22N2O3S/c26-22(17-29-16-19-7-3-1-4-8-19)24-25-23(27)20-13-11-18(12-14-20)15-28-21-9-5-2-6-10-21/h1-14H,15-17H2,(H,24,26)(H,25,27). The second-order valence-corrected chi connectivity index (χ2v) is 7.26. The fourth-order valence-corrected chi connectivity index (χ4v) is 3.29. The molecule has 3 aromatic rings. The van der Waals surface area contributed by atoms with Crippen molar-refractivity contribution in [2.45, 2.75) is 12.4 Å². The summed E-state index contributed by atoms with van der Waals surface area (Å²) in [5.74, 6) is 1.20. The lowest BCUT2D eigenvalue weighted by atomic mass is 10.1. The van der Waals surface area contributed by atoms with Gasteiger partial charge in [0.2, 0.25) is 5.91 Å². The van der Waals surface area contributed by atoms with Crippen molar-refractivity contribution >= 4 is 23.6 Å². The molecule has 0 unspecified atom stereocenters. The summed E-state index contributed by atoms with van der Waals surface area (Å²) in [5, 5.41) is 0. The van der Waals surface area contributed by atoms with E-state index in [4.69, 9.17) is 4.74 Å². The summed E-state index contributed by atoms with van der Waals surface area (Å²) in [6.07, 6.45) is 0. The maximum atomic E-state index is 12.2. The van der Waals surface area contributed by atoms with Crippen molar-refractivity contribution in [1.29, 1.82) is 0 Å². The van der Waals surface area contributed by atoms with Gasteiger partial charge >= 0.3 is 0 Å². The van der Waals surface area contributed by atoms with Crippen LogP contribution in [0.25, 0.3) is 0 Å². The molecule has 0 aliphatic carbocycles. The highest BCUT2D eigenvalue weighted by Gasteiger charge is 2.08. The van der Waals surface area contributed by atoms with Gasteiger partial charge in [-0.15, -0.1) is 11.8 Å². The second-order valence-electron chi connectivity index (χ2n) is 6.28. The molecular weight excluding hydrogens is 384 g/mol. The minimum atomic E-state index is -0.359. The monoisotopic (exact) mass is 406 g/mol. The van der Waals surface area contributed by atoms with Crippen molar-refractivity contribution < 1.29 is 14.3 Å². The molecule has 0 aromatic heterocycles. The number of amides is 2. The summed E-state index contributed by atoms with van der Waals surface area (Å²) in [6, 6.07) is 26.5. The Balaban J connectivity index is 1.38. The zero-order valence-corrected chi connectivity index (χ0v) is 16.7. The lowest BCUT2D eigenvalue weighted by Crippen LogP contribution is -2.42. The van der Waals surface area contributed by atoms with Gasteiger partial charge in [-0.2, -0.15) is 0 Å². The lowest BCUT2D eigenvalue weighted by molar-refractivity contribution is -0.119. The molecular formula is C23H22N2O3S. The van der Waals surface area contributed by atoms with Crippen molar-refractivity contribution in [3.63, 3.8) is 0 Å². The summed E-state index contributed by atoms with van der Waals surface area (Å²) < 4.78 is 5.68. The van der Waals surface area contributed by atoms with Gasteiger partial charge in [0.05, 0.1) is 5.75 Å². The first kappa shape index (κ1) is 20.5. The smallest absolute Gasteiger partial charge is 0.269 e. The molecule has 6 heteroatoms. The van der Waals surface area contributed by atoms with Crippen molar-refractivity contribution in [3.05, 3.63) is 102 Å². The van der Waals surface area contributed by atoms with Crippen LogP contribution in [0, 0.1) is 0 Å². The van der Waals surface area contributed by atoms with E-state index in [2.05, 4.69) is 10.9 Å². The van der Waals surface area contributed by atoms with Gasteiger partial charge in [0.1, 0.15) is 12.4 Å². The molecule has 0 atom stereocenters. The zero-order valence-electron chi connectivity index (χ0n) is 15.8. The van der Waals surface area contributed by atoms with Gasteiger partial charge in [0.25, 0.3) is 5.91 Å². The van der Waals surface area contributed by atoms with Crippen LogP contribution in [0.15, 0.2) is 84.9 Å². The van der Waals surface area contributed by atoms with E-state index >= 15 is 0 Å². The average Bonchev–Trinajstić information content (AvgIpc) is 2.78. The third kappa shape index (κ3) is 7.01. The molecule has 3 rings (SSSR count). The van der Waals surface area contributed by atoms with Gasteiger partial charge in [-0.25, -0.2) is 0 Å². The lowest BCUT2D eigenvalue weighted by Gasteiger charge is -2.09. The number of ether oxygens (including phenoxy) is 1. The number of carbonyl (C=O) groups is 2. The molecule has 5 nitrogen and oxygen atoms in total. The molecule has 0 heterocycles. The Kier molecular flexibility index (Phi) is 7.72. The van der Waals surface area contributed by atoms with E-state index in [1.54, 1.807) is 12.1 Å². The van der Waals surface area contributed by atoms with Crippen LogP contribution in [-0.2, 0) is 17.2 Å². The molecule has 0 aliphatic rings. The number of hydrogen-bond acceptors (Lipinski definition) is 4. The van der Waals surface area contributed by atoms with Gasteiger partial charge in [-0.05, 0) is 35.4 Å². The Morgan fingerprint density at radius 1 is 0.759 bits per heavy atom. The molecule has 3 aromatic carbocycles. The van der Waals surface area contributed by atoms with Gasteiger partial charge in [0, 0.05) is 11.3 Å². The second kappa shape index (κ2) is 10.9. The highest BCUT2D eigenvalue weighted by Crippen LogP contribution is 2.13. The molecule has 0 saturated heterocycles. The molecule has 0 spiro atoms. The molecule has 0 bridgehead atoms. The summed E-state index contributed by atoms with van der Waals surface area (Å²) in [5.41, 5.74) is 7.46. The number of thioether (sulfide) groups is 1. The SMILES string of the molecule is O=C(CSCc1ccccc1)NNC(=O)c1ccc(COc2ccccc2)cc1. The first-order chi connectivity index (χ1) is 14.2. The fraction of sp³-hybridized carbons (Fsp3) is 0.130. The molecule has 2 amide bonds. The first-order valence-electron chi connectivity index (χ1n) is 9.18. The maximum Gasteiger partial charge on any atom is 0.269 e. The number of para-hydroxylation sites is 1. The summed E-state index contributed by atoms with van der Waals surface area (Å²) in [6.45, 7) is 0.418. The van der Waals surface area contributed by atoms with Gasteiger partial charge in [0.15, 0.2) is 0 Å². The van der Waals surface area contributed by atoms with Gasteiger partial charge in [-0.1, -0.05) is 60.7 Å². The van der Waals surface area contributed by atoms with Gasteiger partial charge in [-0.3, -0.25) is 20.4 Å². The Bertz CT molecular complexity index is 916. The van der Waals surface area contributed by atoms with Crippen LogP contribution in [0.2, 0.25) is 0 Å². The van der Waals surface area contributed by atoms with E-state index in [1.807, 2.05) is 72.8 Å². The Morgan fingerprint density at radius 3 is 2.10 bits per heavy atom. The van der Waals surface area contributed by atoms with Crippen LogP contribution in [-0.4, -0.2) is 17.6 Å². The van der Waals surface area contributed by atoms with Crippen molar-refractivity contribution in [2.24, 2.45) is 0 Å². The van der Waals surface area contributed by atoms with E-state index in [0.29, 0.717) is 12.2 Å². The number of carbonyl (C=O) groups excluding carboxylic acids is 2. The van der Waals surface area contributed by atoms with Crippen LogP contribution >= 0.6 is 11.8 Å². The molecule has 2 N–H and O–H groups in total. The number of nitrogens with one attached hydrogen (secondary N) is 2. The molecule has 0 fully saturated rings. The van der Waals surface area contributed by atoms with Crippen molar-refractivity contribution in [3.8, 4) is 5.75 Å². The zero-order chi connectivity index (χ0) is 20.3. The van der Waals surface area contributed by atoms with Gasteiger partial charge < -0.3 is 4.74 Å².